The Kier molecular flexibility index (Phi) is 4.84. The zero-order chi connectivity index (χ0) is 21.8. The van der Waals surface area contributed by atoms with Crippen LogP contribution >= 0.6 is 0 Å². The van der Waals surface area contributed by atoms with E-state index in [1.165, 1.54) is 16.7 Å². The van der Waals surface area contributed by atoms with Crippen molar-refractivity contribution in [3.05, 3.63) is 46.0 Å². The van der Waals surface area contributed by atoms with Gasteiger partial charge in [-0.2, -0.15) is 13.2 Å². The number of nitrogens with one attached hydrogen (secondary N) is 1. The van der Waals surface area contributed by atoms with E-state index in [0.717, 1.165) is 43.3 Å². The van der Waals surface area contributed by atoms with Gasteiger partial charge in [-0.05, 0) is 36.6 Å². The lowest BCUT2D eigenvalue weighted by Crippen LogP contribution is -2.49. The van der Waals surface area contributed by atoms with E-state index in [4.69, 9.17) is 4.98 Å². The summed E-state index contributed by atoms with van der Waals surface area (Å²) < 4.78 is 37.9. The van der Waals surface area contributed by atoms with Crippen LogP contribution in [0.1, 0.15) is 40.1 Å². The van der Waals surface area contributed by atoms with E-state index >= 15 is 0 Å². The van der Waals surface area contributed by atoms with E-state index in [9.17, 15) is 18.0 Å². The van der Waals surface area contributed by atoms with Crippen molar-refractivity contribution in [1.29, 1.82) is 0 Å². The lowest BCUT2D eigenvalue weighted by atomic mass is 9.96. The second-order valence-electron chi connectivity index (χ2n) is 8.51. The Balaban J connectivity index is 1.17. The molecule has 1 saturated heterocycles. The molecule has 1 amide bonds. The number of carbonyl (C=O) groups is 1. The first kappa shape index (κ1) is 20.2. The van der Waals surface area contributed by atoms with E-state index in [-0.39, 0.29) is 17.8 Å². The summed E-state index contributed by atoms with van der Waals surface area (Å²) >= 11 is 0. The highest BCUT2D eigenvalue weighted by molar-refractivity contribution is 5.77. The Morgan fingerprint density at radius 3 is 2.61 bits per heavy atom. The molecule has 0 aliphatic carbocycles. The summed E-state index contributed by atoms with van der Waals surface area (Å²) in [5.41, 5.74) is 5.01. The monoisotopic (exact) mass is 432 g/mol. The van der Waals surface area contributed by atoms with Crippen molar-refractivity contribution in [3.63, 3.8) is 0 Å². The minimum absolute atomic E-state index is 0.0893. The quantitative estimate of drug-likeness (QED) is 0.802. The maximum Gasteiger partial charge on any atom is 0.419 e. The van der Waals surface area contributed by atoms with Gasteiger partial charge >= 0.3 is 6.18 Å². The number of carbonyl (C=O) groups excluding carboxylic acids is 1. The molecule has 7 nitrogen and oxygen atoms in total. The molecule has 0 saturated carbocycles. The first-order valence-electron chi connectivity index (χ1n) is 10.4. The molecule has 0 bridgehead atoms. The Morgan fingerprint density at radius 2 is 1.90 bits per heavy atom. The predicted molar refractivity (Wildman–Crippen MR) is 106 cm³/mol. The van der Waals surface area contributed by atoms with Gasteiger partial charge < -0.3 is 15.1 Å². The van der Waals surface area contributed by atoms with Crippen LogP contribution in [0.5, 0.6) is 0 Å². The highest BCUT2D eigenvalue weighted by atomic mass is 19.4. The molecule has 31 heavy (non-hydrogen) atoms. The van der Waals surface area contributed by atoms with Crippen LogP contribution in [0.15, 0.2) is 12.4 Å². The van der Waals surface area contributed by atoms with Crippen molar-refractivity contribution >= 4 is 11.9 Å². The number of anilines is 1. The van der Waals surface area contributed by atoms with Gasteiger partial charge in [0.25, 0.3) is 0 Å². The molecule has 0 radical (unpaired) electrons. The molecular formula is C21H23F3N6O. The molecule has 0 atom stereocenters. The van der Waals surface area contributed by atoms with Crippen LogP contribution in [-0.4, -0.2) is 45.4 Å². The van der Waals surface area contributed by atoms with Gasteiger partial charge in [-0.3, -0.25) is 9.78 Å². The Morgan fingerprint density at radius 1 is 1.16 bits per heavy atom. The number of alkyl halides is 3. The van der Waals surface area contributed by atoms with Gasteiger partial charge in [0.1, 0.15) is 0 Å². The minimum Gasteiger partial charge on any atom is -0.340 e. The molecule has 3 aliphatic rings. The maximum atomic E-state index is 12.9. The number of rotatable bonds is 3. The maximum absolute atomic E-state index is 12.9. The number of nitrogens with zero attached hydrogens (tertiary/aromatic N) is 5. The molecule has 164 valence electrons. The van der Waals surface area contributed by atoms with Crippen molar-refractivity contribution in [2.75, 3.05) is 24.5 Å². The van der Waals surface area contributed by atoms with Gasteiger partial charge in [-0.15, -0.1) is 0 Å². The van der Waals surface area contributed by atoms with Crippen LogP contribution in [0.25, 0.3) is 0 Å². The molecule has 2 aromatic rings. The van der Waals surface area contributed by atoms with Gasteiger partial charge in [-0.1, -0.05) is 0 Å². The number of pyridine rings is 1. The van der Waals surface area contributed by atoms with Crippen LogP contribution < -0.4 is 10.2 Å². The lowest BCUT2D eigenvalue weighted by molar-refractivity contribution is -0.138. The summed E-state index contributed by atoms with van der Waals surface area (Å²) in [5.74, 6) is 0.504. The molecule has 5 heterocycles. The summed E-state index contributed by atoms with van der Waals surface area (Å²) in [7, 11) is 0. The first-order valence-corrected chi connectivity index (χ1v) is 10.4. The van der Waals surface area contributed by atoms with Gasteiger partial charge in [0, 0.05) is 50.9 Å². The fourth-order valence-corrected chi connectivity index (χ4v) is 4.62. The van der Waals surface area contributed by atoms with Crippen LogP contribution in [0.2, 0.25) is 0 Å². The Labute approximate surface area is 177 Å². The third-order valence-corrected chi connectivity index (χ3v) is 6.43. The molecule has 0 spiro atoms. The Bertz CT molecular complexity index is 1020. The molecule has 0 unspecified atom stereocenters. The van der Waals surface area contributed by atoms with Crippen molar-refractivity contribution in [2.45, 2.75) is 45.6 Å². The first-order chi connectivity index (χ1) is 14.8. The third-order valence-electron chi connectivity index (χ3n) is 6.43. The molecule has 3 aliphatic heterocycles. The number of hydrogen-bond donors (Lipinski definition) is 1. The second kappa shape index (κ2) is 7.44. The molecular weight excluding hydrogens is 409 g/mol. The van der Waals surface area contributed by atoms with Crippen molar-refractivity contribution < 1.29 is 18.0 Å². The highest BCUT2D eigenvalue weighted by Gasteiger charge is 2.36. The standard InChI is InChI=1S/C21H23F3N6O/c1-12-15-2-3-25-7-17(15)28-18-11-29(10-16(12)18)19(31)4-13-8-30(9-13)20-26-5-14(6-27-20)21(22,23)24/h5-6,13,25H,2-4,7-11H2,1H3. The highest BCUT2D eigenvalue weighted by Crippen LogP contribution is 2.32. The Hall–Kier alpha value is -2.75. The van der Waals surface area contributed by atoms with E-state index in [1.54, 1.807) is 4.90 Å². The molecule has 2 aromatic heterocycles. The van der Waals surface area contributed by atoms with Gasteiger partial charge in [0.05, 0.1) is 23.5 Å². The SMILES string of the molecule is Cc1c2c(nc3c1CN(C(=O)CC1CN(c4ncc(C(F)(F)F)cn4)C1)C3)CNCC2. The number of hydrogen-bond acceptors (Lipinski definition) is 6. The third kappa shape index (κ3) is 3.73. The zero-order valence-corrected chi connectivity index (χ0v) is 17.2. The lowest BCUT2D eigenvalue weighted by Gasteiger charge is -2.39. The molecule has 1 N–H and O–H groups in total. The molecule has 1 fully saturated rings. The predicted octanol–water partition coefficient (Wildman–Crippen LogP) is 2.21. The fourth-order valence-electron chi connectivity index (χ4n) is 4.62. The van der Waals surface area contributed by atoms with Crippen LogP contribution in [0.3, 0.4) is 0 Å². The van der Waals surface area contributed by atoms with Gasteiger partial charge in [-0.25, -0.2) is 9.97 Å². The number of fused-ring (bicyclic) bond motifs is 2. The zero-order valence-electron chi connectivity index (χ0n) is 17.2. The molecule has 5 rings (SSSR count). The average Bonchev–Trinajstić information content (AvgIpc) is 3.14. The van der Waals surface area contributed by atoms with Crippen LogP contribution in [-0.2, 0) is 37.0 Å². The number of halogens is 3. The number of aromatic nitrogens is 3. The summed E-state index contributed by atoms with van der Waals surface area (Å²) in [6.07, 6.45) is -1.47. The summed E-state index contributed by atoms with van der Waals surface area (Å²) in [5, 5.41) is 3.35. The van der Waals surface area contributed by atoms with E-state index in [0.29, 0.717) is 32.6 Å². The molecule has 0 aromatic carbocycles. The van der Waals surface area contributed by atoms with Gasteiger partial charge in [0.2, 0.25) is 11.9 Å². The van der Waals surface area contributed by atoms with E-state index in [2.05, 4.69) is 22.2 Å². The largest absolute Gasteiger partial charge is 0.419 e. The minimum atomic E-state index is -4.45. The smallest absolute Gasteiger partial charge is 0.340 e. The summed E-state index contributed by atoms with van der Waals surface area (Å²) in [6, 6.07) is 0. The number of amides is 1. The van der Waals surface area contributed by atoms with E-state index < -0.39 is 11.7 Å². The topological polar surface area (TPSA) is 74.2 Å². The van der Waals surface area contributed by atoms with Crippen molar-refractivity contribution in [3.8, 4) is 0 Å². The van der Waals surface area contributed by atoms with Crippen molar-refractivity contribution in [2.24, 2.45) is 5.92 Å². The van der Waals surface area contributed by atoms with Crippen molar-refractivity contribution in [1.82, 2.24) is 25.2 Å². The summed E-state index contributed by atoms with van der Waals surface area (Å²) in [6.45, 7) is 6.14. The normalized spacial score (nSPS) is 18.6. The molecule has 10 heteroatoms. The summed E-state index contributed by atoms with van der Waals surface area (Å²) in [4.78, 5) is 29.0. The average molecular weight is 432 g/mol. The van der Waals surface area contributed by atoms with E-state index in [1.807, 2.05) is 4.90 Å². The fraction of sp³-hybridized carbons (Fsp3) is 0.524. The van der Waals surface area contributed by atoms with Crippen LogP contribution in [0, 0.1) is 12.8 Å². The van der Waals surface area contributed by atoms with Gasteiger partial charge in [0.15, 0.2) is 0 Å². The van der Waals surface area contributed by atoms with Crippen LogP contribution in [0.4, 0.5) is 19.1 Å². The second-order valence-corrected chi connectivity index (χ2v) is 8.51.